The molecular formula is C20H20ClN7O2. The fourth-order valence-corrected chi connectivity index (χ4v) is 3.55. The number of carbonyl (C=O) groups is 1. The van der Waals surface area contributed by atoms with Crippen LogP contribution >= 0.6 is 11.6 Å². The first kappa shape index (κ1) is 18.8. The zero-order chi connectivity index (χ0) is 20.8. The quantitative estimate of drug-likeness (QED) is 0.489. The Hall–Kier alpha value is -3.20. The van der Waals surface area contributed by atoms with E-state index in [1.54, 1.807) is 10.7 Å². The van der Waals surface area contributed by atoms with Gasteiger partial charge in [0.25, 0.3) is 0 Å². The second kappa shape index (κ2) is 7.24. The molecule has 0 unspecified atom stereocenters. The molecule has 0 radical (unpaired) electrons. The summed E-state index contributed by atoms with van der Waals surface area (Å²) in [5, 5.41) is 11.5. The topological polar surface area (TPSA) is 98.7 Å². The number of pyridine rings is 1. The van der Waals surface area contributed by atoms with Crippen LogP contribution in [0.2, 0.25) is 5.15 Å². The van der Waals surface area contributed by atoms with Gasteiger partial charge in [-0.3, -0.25) is 0 Å². The molecule has 4 heterocycles. The maximum atomic E-state index is 12.3. The molecule has 1 aliphatic rings. The van der Waals surface area contributed by atoms with Crippen molar-refractivity contribution in [3.8, 4) is 5.88 Å². The standard InChI is InChI=1S/C20H20ClN7O2/c1-11(2)14-9-23-28-18(8-15(21)24-19(14)28)30-20(29)22-10-16-25-17-7-13(12-3-4-12)5-6-27(17)26-16/h5-9,11-12H,3-4,10H2,1-2H3,(H,22,29). The number of ether oxygens (including phenoxy) is 1. The minimum atomic E-state index is -0.655. The van der Waals surface area contributed by atoms with Gasteiger partial charge in [0.05, 0.1) is 12.7 Å². The monoisotopic (exact) mass is 425 g/mol. The summed E-state index contributed by atoms with van der Waals surface area (Å²) in [5.74, 6) is 1.54. The number of aromatic nitrogens is 6. The van der Waals surface area contributed by atoms with Crippen molar-refractivity contribution in [1.82, 2.24) is 34.5 Å². The van der Waals surface area contributed by atoms with Crippen molar-refractivity contribution in [2.24, 2.45) is 0 Å². The Labute approximate surface area is 177 Å². The van der Waals surface area contributed by atoms with Crippen LogP contribution in [0.25, 0.3) is 11.3 Å². The van der Waals surface area contributed by atoms with Crippen LogP contribution in [0.3, 0.4) is 0 Å². The Morgan fingerprint density at radius 2 is 2.17 bits per heavy atom. The Kier molecular flexibility index (Phi) is 4.54. The first-order valence-corrected chi connectivity index (χ1v) is 10.2. The van der Waals surface area contributed by atoms with Crippen molar-refractivity contribution < 1.29 is 9.53 Å². The lowest BCUT2D eigenvalue weighted by atomic mass is 10.1. The van der Waals surface area contributed by atoms with Gasteiger partial charge in [-0.2, -0.15) is 9.61 Å². The van der Waals surface area contributed by atoms with Gasteiger partial charge >= 0.3 is 6.09 Å². The highest BCUT2D eigenvalue weighted by Crippen LogP contribution is 2.40. The van der Waals surface area contributed by atoms with Gasteiger partial charge in [-0.25, -0.2) is 19.3 Å². The number of fused-ring (bicyclic) bond motifs is 2. The second-order valence-corrected chi connectivity index (χ2v) is 8.10. The van der Waals surface area contributed by atoms with Crippen LogP contribution < -0.4 is 10.1 Å². The molecule has 1 fully saturated rings. The maximum absolute atomic E-state index is 12.3. The van der Waals surface area contributed by atoms with Crippen LogP contribution in [-0.2, 0) is 6.54 Å². The van der Waals surface area contributed by atoms with Crippen molar-refractivity contribution in [2.45, 2.75) is 45.1 Å². The van der Waals surface area contributed by atoms with Crippen molar-refractivity contribution >= 4 is 29.0 Å². The molecule has 0 aliphatic heterocycles. The summed E-state index contributed by atoms with van der Waals surface area (Å²) in [4.78, 5) is 21.1. The van der Waals surface area contributed by atoms with Crippen molar-refractivity contribution in [1.29, 1.82) is 0 Å². The number of rotatable bonds is 5. The molecule has 4 aromatic heterocycles. The lowest BCUT2D eigenvalue weighted by Gasteiger charge is -2.08. The van der Waals surface area contributed by atoms with E-state index in [0.717, 1.165) is 11.2 Å². The van der Waals surface area contributed by atoms with Crippen LogP contribution in [0.5, 0.6) is 5.88 Å². The lowest BCUT2D eigenvalue weighted by molar-refractivity contribution is 0.196. The van der Waals surface area contributed by atoms with Crippen molar-refractivity contribution in [3.63, 3.8) is 0 Å². The summed E-state index contributed by atoms with van der Waals surface area (Å²) in [6.07, 6.45) is 5.40. The number of nitrogens with zero attached hydrogens (tertiary/aromatic N) is 6. The number of carbonyl (C=O) groups excluding carboxylic acids is 1. The first-order valence-electron chi connectivity index (χ1n) is 9.83. The predicted octanol–water partition coefficient (Wildman–Crippen LogP) is 3.71. The number of hydrogen-bond acceptors (Lipinski definition) is 6. The van der Waals surface area contributed by atoms with E-state index >= 15 is 0 Å². The van der Waals surface area contributed by atoms with E-state index in [-0.39, 0.29) is 23.5 Å². The van der Waals surface area contributed by atoms with Gasteiger partial charge in [-0.05, 0) is 42.4 Å². The van der Waals surface area contributed by atoms with E-state index in [9.17, 15) is 4.79 Å². The molecule has 0 saturated heterocycles. The van der Waals surface area contributed by atoms with E-state index in [1.165, 1.54) is 29.0 Å². The minimum Gasteiger partial charge on any atom is -0.391 e. The number of amides is 1. The Morgan fingerprint density at radius 1 is 1.33 bits per heavy atom. The third-order valence-corrected chi connectivity index (χ3v) is 5.29. The third kappa shape index (κ3) is 3.56. The van der Waals surface area contributed by atoms with Gasteiger partial charge in [-0.15, -0.1) is 5.10 Å². The lowest BCUT2D eigenvalue weighted by Crippen LogP contribution is -2.27. The van der Waals surface area contributed by atoms with E-state index in [2.05, 4.69) is 31.5 Å². The van der Waals surface area contributed by atoms with Crippen LogP contribution in [0.4, 0.5) is 4.79 Å². The highest BCUT2D eigenvalue weighted by Gasteiger charge is 2.24. The summed E-state index contributed by atoms with van der Waals surface area (Å²) >= 11 is 6.11. The zero-order valence-electron chi connectivity index (χ0n) is 16.5. The fraction of sp³-hybridized carbons (Fsp3) is 0.350. The summed E-state index contributed by atoms with van der Waals surface area (Å²) in [6.45, 7) is 4.20. The zero-order valence-corrected chi connectivity index (χ0v) is 17.3. The Morgan fingerprint density at radius 3 is 2.93 bits per heavy atom. The molecule has 9 nitrogen and oxygen atoms in total. The average Bonchev–Trinajstić information content (AvgIpc) is 3.33. The summed E-state index contributed by atoms with van der Waals surface area (Å²) in [5.41, 5.74) is 3.54. The van der Waals surface area contributed by atoms with Gasteiger partial charge in [0.1, 0.15) is 5.15 Å². The van der Waals surface area contributed by atoms with E-state index in [4.69, 9.17) is 16.3 Å². The third-order valence-electron chi connectivity index (χ3n) is 5.10. The van der Waals surface area contributed by atoms with Gasteiger partial charge in [0.15, 0.2) is 17.1 Å². The van der Waals surface area contributed by atoms with E-state index in [1.807, 2.05) is 26.1 Å². The molecule has 5 rings (SSSR count). The molecule has 30 heavy (non-hydrogen) atoms. The molecule has 154 valence electrons. The van der Waals surface area contributed by atoms with Crippen LogP contribution in [-0.4, -0.2) is 35.3 Å². The molecule has 10 heteroatoms. The molecule has 4 aromatic rings. The number of halogens is 1. The van der Waals surface area contributed by atoms with Gasteiger partial charge in [0.2, 0.25) is 5.88 Å². The highest BCUT2D eigenvalue weighted by atomic mass is 35.5. The summed E-state index contributed by atoms with van der Waals surface area (Å²) in [6, 6.07) is 5.57. The van der Waals surface area contributed by atoms with E-state index in [0.29, 0.717) is 17.4 Å². The van der Waals surface area contributed by atoms with Crippen LogP contribution in [0.15, 0.2) is 30.6 Å². The molecule has 0 spiro atoms. The average molecular weight is 426 g/mol. The molecule has 0 bridgehead atoms. The second-order valence-electron chi connectivity index (χ2n) is 7.72. The summed E-state index contributed by atoms with van der Waals surface area (Å²) in [7, 11) is 0. The summed E-state index contributed by atoms with van der Waals surface area (Å²) < 4.78 is 8.59. The molecule has 1 saturated carbocycles. The first-order chi connectivity index (χ1) is 14.5. The normalized spacial score (nSPS) is 14.0. The molecule has 1 amide bonds. The Balaban J connectivity index is 1.30. The fourth-order valence-electron chi connectivity index (χ4n) is 3.38. The largest absolute Gasteiger partial charge is 0.414 e. The smallest absolute Gasteiger partial charge is 0.391 e. The van der Waals surface area contributed by atoms with Crippen LogP contribution in [0.1, 0.15) is 55.5 Å². The molecule has 1 N–H and O–H groups in total. The molecule has 1 aliphatic carbocycles. The van der Waals surface area contributed by atoms with Gasteiger partial charge in [-0.1, -0.05) is 25.4 Å². The van der Waals surface area contributed by atoms with Gasteiger partial charge in [0, 0.05) is 17.8 Å². The van der Waals surface area contributed by atoms with Gasteiger partial charge < -0.3 is 10.1 Å². The highest BCUT2D eigenvalue weighted by molar-refractivity contribution is 6.29. The van der Waals surface area contributed by atoms with Crippen LogP contribution in [0, 0.1) is 0 Å². The molecule has 0 atom stereocenters. The number of hydrogen-bond donors (Lipinski definition) is 1. The number of nitrogens with one attached hydrogen (secondary N) is 1. The predicted molar refractivity (Wildman–Crippen MR) is 110 cm³/mol. The maximum Gasteiger partial charge on any atom is 0.414 e. The van der Waals surface area contributed by atoms with E-state index < -0.39 is 6.09 Å². The molecular weight excluding hydrogens is 406 g/mol. The SMILES string of the molecule is CC(C)c1cnn2c(OC(=O)NCc3nc4cc(C5CC5)ccn4n3)cc(Cl)nc12. The van der Waals surface area contributed by atoms with Crippen molar-refractivity contribution in [2.75, 3.05) is 0 Å². The Bertz CT molecular complexity index is 1260. The molecule has 0 aromatic carbocycles. The van der Waals surface area contributed by atoms with Crippen molar-refractivity contribution in [3.05, 3.63) is 52.7 Å². The minimum absolute atomic E-state index is 0.136.